The Balaban J connectivity index is 1.48. The van der Waals surface area contributed by atoms with E-state index in [0.29, 0.717) is 11.3 Å². The summed E-state index contributed by atoms with van der Waals surface area (Å²) in [4.78, 5) is 17.8. The summed E-state index contributed by atoms with van der Waals surface area (Å²) in [6.07, 6.45) is 5.11. The fourth-order valence-corrected chi connectivity index (χ4v) is 3.94. The second-order valence-electron chi connectivity index (χ2n) is 7.51. The number of aromatic nitrogens is 4. The number of hydrogen-bond donors (Lipinski definition) is 2. The first-order chi connectivity index (χ1) is 14.1. The Labute approximate surface area is 166 Å². The van der Waals surface area contributed by atoms with Gasteiger partial charge in [-0.3, -0.25) is 9.89 Å². The van der Waals surface area contributed by atoms with Gasteiger partial charge in [-0.15, -0.1) is 0 Å². The molecule has 1 amide bonds. The Morgan fingerprint density at radius 3 is 2.83 bits per heavy atom. The fourth-order valence-electron chi connectivity index (χ4n) is 3.94. The number of carbonyl (C=O) groups excluding carboxylic acids is 1. The molecule has 0 aliphatic heterocycles. The van der Waals surface area contributed by atoms with Gasteiger partial charge in [0.05, 0.1) is 17.4 Å². The fraction of sp³-hybridized carbons (Fsp3) is 0.227. The first-order valence-electron chi connectivity index (χ1n) is 9.54. The third kappa shape index (κ3) is 2.90. The third-order valence-electron chi connectivity index (χ3n) is 5.68. The number of halogens is 1. The molecule has 0 radical (unpaired) electrons. The van der Waals surface area contributed by atoms with Gasteiger partial charge in [-0.05, 0) is 42.2 Å². The number of hydrogen-bond acceptors (Lipinski definition) is 3. The molecule has 0 bridgehead atoms. The number of alkyl halides is 1. The van der Waals surface area contributed by atoms with E-state index in [4.69, 9.17) is 4.98 Å². The van der Waals surface area contributed by atoms with Crippen LogP contribution in [0.1, 0.15) is 34.5 Å². The lowest BCUT2D eigenvalue weighted by Gasteiger charge is -2.20. The van der Waals surface area contributed by atoms with Gasteiger partial charge in [0.2, 0.25) is 0 Å². The molecule has 5 rings (SSSR count). The van der Waals surface area contributed by atoms with E-state index in [0.717, 1.165) is 40.7 Å². The van der Waals surface area contributed by atoms with Crippen molar-refractivity contribution in [1.82, 2.24) is 25.1 Å². The second kappa shape index (κ2) is 6.55. The highest BCUT2D eigenvalue weighted by Crippen LogP contribution is 2.47. The van der Waals surface area contributed by atoms with Crippen LogP contribution < -0.4 is 5.32 Å². The lowest BCUT2D eigenvalue weighted by molar-refractivity contribution is 0.0922. The summed E-state index contributed by atoms with van der Waals surface area (Å²) in [5.41, 5.74) is 3.95. The van der Waals surface area contributed by atoms with Gasteiger partial charge in [0.15, 0.2) is 0 Å². The minimum absolute atomic E-state index is 0.179. The van der Waals surface area contributed by atoms with E-state index in [9.17, 15) is 9.18 Å². The molecule has 3 aromatic heterocycles. The van der Waals surface area contributed by atoms with Crippen molar-refractivity contribution in [3.05, 3.63) is 71.7 Å². The molecule has 3 heterocycles. The molecule has 146 valence electrons. The summed E-state index contributed by atoms with van der Waals surface area (Å²) in [7, 11) is 1.83. The Morgan fingerprint density at radius 2 is 2.10 bits per heavy atom. The van der Waals surface area contributed by atoms with E-state index in [1.54, 1.807) is 23.0 Å². The van der Waals surface area contributed by atoms with Gasteiger partial charge in [-0.2, -0.15) is 5.10 Å². The van der Waals surface area contributed by atoms with E-state index in [-0.39, 0.29) is 5.91 Å². The number of pyridine rings is 1. The largest absolute Gasteiger partial charge is 0.341 e. The molecule has 4 aromatic rings. The van der Waals surface area contributed by atoms with Crippen molar-refractivity contribution in [3.63, 3.8) is 0 Å². The van der Waals surface area contributed by atoms with Gasteiger partial charge in [0.25, 0.3) is 5.91 Å². The van der Waals surface area contributed by atoms with Gasteiger partial charge in [-0.1, -0.05) is 24.3 Å². The van der Waals surface area contributed by atoms with Gasteiger partial charge >= 0.3 is 0 Å². The number of amides is 1. The average Bonchev–Trinajstić information content (AvgIpc) is 3.17. The van der Waals surface area contributed by atoms with Crippen molar-refractivity contribution in [2.45, 2.75) is 25.1 Å². The lowest BCUT2D eigenvalue weighted by Crippen LogP contribution is -2.36. The topological polar surface area (TPSA) is 75.6 Å². The molecule has 0 atom stereocenters. The average molecular weight is 389 g/mol. The number of aryl methyl sites for hydroxylation is 1. The van der Waals surface area contributed by atoms with Crippen LogP contribution in [-0.4, -0.2) is 25.7 Å². The number of nitrogens with zero attached hydrogens (tertiary/aromatic N) is 3. The van der Waals surface area contributed by atoms with Crippen molar-refractivity contribution in [2.75, 3.05) is 0 Å². The Morgan fingerprint density at radius 1 is 1.28 bits per heavy atom. The van der Waals surface area contributed by atoms with E-state index in [2.05, 4.69) is 15.5 Å². The predicted molar refractivity (Wildman–Crippen MR) is 108 cm³/mol. The zero-order valence-electron chi connectivity index (χ0n) is 15.9. The van der Waals surface area contributed by atoms with Gasteiger partial charge in [-0.25, -0.2) is 9.37 Å². The summed E-state index contributed by atoms with van der Waals surface area (Å²) in [5.74, 6) is -0.179. The highest BCUT2D eigenvalue weighted by molar-refractivity contribution is 5.98. The molecular formula is C22H20FN5O. The first-order valence-corrected chi connectivity index (χ1v) is 9.54. The first kappa shape index (κ1) is 17.6. The molecule has 1 aliphatic carbocycles. The zero-order chi connectivity index (χ0) is 20.0. The summed E-state index contributed by atoms with van der Waals surface area (Å²) < 4.78 is 15.2. The molecule has 1 aliphatic rings. The molecule has 0 spiro atoms. The zero-order valence-corrected chi connectivity index (χ0v) is 15.9. The molecule has 6 nitrogen and oxygen atoms in total. The lowest BCUT2D eigenvalue weighted by atomic mass is 9.98. The van der Waals surface area contributed by atoms with Crippen LogP contribution in [0, 0.1) is 0 Å². The standard InChI is InChI=1S/C22H20FN5O/c1-28-19(10-14-6-7-18(26-20(14)28)16-12-24-25-13-16)21(29)27-22(8-9-22)17-5-3-2-4-15(17)11-23/h2-7,10,12-13H,8-9,11H2,1H3,(H,24,25)(H,27,29). The molecule has 0 saturated heterocycles. The van der Waals surface area contributed by atoms with E-state index in [1.165, 1.54) is 0 Å². The number of nitrogens with one attached hydrogen (secondary N) is 2. The summed E-state index contributed by atoms with van der Waals surface area (Å²) >= 11 is 0. The molecule has 29 heavy (non-hydrogen) atoms. The number of fused-ring (bicyclic) bond motifs is 1. The Kier molecular flexibility index (Phi) is 3.97. The molecule has 1 aromatic carbocycles. The van der Waals surface area contributed by atoms with E-state index >= 15 is 0 Å². The molecule has 1 fully saturated rings. The predicted octanol–water partition coefficient (Wildman–Crippen LogP) is 3.85. The van der Waals surface area contributed by atoms with Crippen LogP contribution in [0.25, 0.3) is 22.3 Å². The third-order valence-corrected chi connectivity index (χ3v) is 5.68. The van der Waals surface area contributed by atoms with Crippen LogP contribution in [0.5, 0.6) is 0 Å². The van der Waals surface area contributed by atoms with Crippen molar-refractivity contribution >= 4 is 16.9 Å². The summed E-state index contributed by atoms with van der Waals surface area (Å²) in [5, 5.41) is 10.8. The van der Waals surface area contributed by atoms with Crippen LogP contribution in [0.2, 0.25) is 0 Å². The molecular weight excluding hydrogens is 369 g/mol. The highest BCUT2D eigenvalue weighted by atomic mass is 19.1. The minimum atomic E-state index is -0.539. The summed E-state index contributed by atoms with van der Waals surface area (Å²) in [6.45, 7) is -0.539. The Bertz CT molecular complexity index is 1210. The van der Waals surface area contributed by atoms with Crippen LogP contribution in [0.15, 0.2) is 54.9 Å². The van der Waals surface area contributed by atoms with Crippen molar-refractivity contribution in [1.29, 1.82) is 0 Å². The normalized spacial score (nSPS) is 14.8. The van der Waals surface area contributed by atoms with Crippen LogP contribution in [-0.2, 0) is 19.3 Å². The molecule has 2 N–H and O–H groups in total. The van der Waals surface area contributed by atoms with E-state index in [1.807, 2.05) is 43.4 Å². The maximum atomic E-state index is 13.4. The smallest absolute Gasteiger partial charge is 0.268 e. The van der Waals surface area contributed by atoms with Crippen LogP contribution >= 0.6 is 0 Å². The SMILES string of the molecule is Cn1c(C(=O)NC2(c3ccccc3CF)CC2)cc2ccc(-c3cn[nH]c3)nc21. The highest BCUT2D eigenvalue weighted by Gasteiger charge is 2.47. The number of rotatable bonds is 5. The number of carbonyl (C=O) groups is 1. The van der Waals surface area contributed by atoms with Crippen molar-refractivity contribution in [2.24, 2.45) is 7.05 Å². The van der Waals surface area contributed by atoms with Gasteiger partial charge in [0, 0.05) is 24.2 Å². The number of benzene rings is 1. The van der Waals surface area contributed by atoms with Crippen molar-refractivity contribution in [3.8, 4) is 11.3 Å². The van der Waals surface area contributed by atoms with Crippen molar-refractivity contribution < 1.29 is 9.18 Å². The molecule has 0 unspecified atom stereocenters. The van der Waals surface area contributed by atoms with E-state index < -0.39 is 12.2 Å². The molecule has 1 saturated carbocycles. The summed E-state index contributed by atoms with van der Waals surface area (Å²) in [6, 6.07) is 13.1. The minimum Gasteiger partial charge on any atom is -0.341 e. The number of aromatic amines is 1. The van der Waals surface area contributed by atoms with Gasteiger partial charge < -0.3 is 9.88 Å². The monoisotopic (exact) mass is 389 g/mol. The maximum Gasteiger partial charge on any atom is 0.268 e. The Hall–Kier alpha value is -3.48. The van der Waals surface area contributed by atoms with Gasteiger partial charge in [0.1, 0.15) is 18.0 Å². The van der Waals surface area contributed by atoms with Crippen LogP contribution in [0.4, 0.5) is 4.39 Å². The quantitative estimate of drug-likeness (QED) is 0.544. The molecule has 7 heteroatoms. The maximum absolute atomic E-state index is 13.4. The number of H-pyrrole nitrogens is 1. The van der Waals surface area contributed by atoms with Crippen LogP contribution in [0.3, 0.4) is 0 Å². The second-order valence-corrected chi connectivity index (χ2v) is 7.51.